The minimum Gasteiger partial charge on any atom is -0.489 e. The number of fused-ring (bicyclic) bond motifs is 1. The van der Waals surface area contributed by atoms with Gasteiger partial charge in [0.05, 0.1) is 13.2 Å². The molecule has 0 aromatic heterocycles. The molecule has 92 valence electrons. The van der Waals surface area contributed by atoms with Crippen molar-refractivity contribution in [2.45, 2.75) is 31.2 Å². The molecule has 0 saturated heterocycles. The van der Waals surface area contributed by atoms with Gasteiger partial charge in [0.15, 0.2) is 17.3 Å². The maximum atomic E-state index is 14.2. The molecule has 0 spiro atoms. The smallest absolute Gasteiger partial charge is 0.197 e. The maximum absolute atomic E-state index is 14.2. The third-order valence-corrected chi connectivity index (χ3v) is 3.37. The summed E-state index contributed by atoms with van der Waals surface area (Å²) in [6.07, 6.45) is 3.31. The summed E-state index contributed by atoms with van der Waals surface area (Å²) in [5, 5.41) is 0. The van der Waals surface area contributed by atoms with Crippen LogP contribution in [0.4, 0.5) is 4.39 Å². The zero-order valence-corrected chi connectivity index (χ0v) is 9.67. The van der Waals surface area contributed by atoms with Gasteiger partial charge >= 0.3 is 0 Å². The predicted molar refractivity (Wildman–Crippen MR) is 61.9 cm³/mol. The second-order valence-corrected chi connectivity index (χ2v) is 4.96. The summed E-state index contributed by atoms with van der Waals surface area (Å²) in [6.45, 7) is 1.08. The van der Waals surface area contributed by atoms with Crippen molar-refractivity contribution in [2.24, 2.45) is 5.73 Å². The normalized spacial score (nSPS) is 20.8. The van der Waals surface area contributed by atoms with Gasteiger partial charge in [-0.2, -0.15) is 0 Å². The fraction of sp³-hybridized carbons (Fsp3) is 0.538. The number of halogens is 1. The lowest BCUT2D eigenvalue weighted by atomic mass is 10.0. The van der Waals surface area contributed by atoms with Crippen LogP contribution in [-0.4, -0.2) is 18.8 Å². The Labute approximate surface area is 99.7 Å². The van der Waals surface area contributed by atoms with Crippen molar-refractivity contribution >= 4 is 0 Å². The highest BCUT2D eigenvalue weighted by atomic mass is 19.1. The number of benzene rings is 1. The first-order valence-electron chi connectivity index (χ1n) is 6.04. The molecule has 1 fully saturated rings. The molecule has 0 radical (unpaired) electrons. The van der Waals surface area contributed by atoms with Gasteiger partial charge in [0, 0.05) is 12.0 Å². The van der Waals surface area contributed by atoms with E-state index in [4.69, 9.17) is 15.2 Å². The first-order chi connectivity index (χ1) is 8.18. The molecule has 0 bridgehead atoms. The third-order valence-electron chi connectivity index (χ3n) is 3.37. The first-order valence-corrected chi connectivity index (χ1v) is 6.04. The van der Waals surface area contributed by atoms with Gasteiger partial charge in [-0.25, -0.2) is 4.39 Å². The van der Waals surface area contributed by atoms with Crippen LogP contribution in [0, 0.1) is 5.82 Å². The zero-order valence-electron chi connectivity index (χ0n) is 9.67. The van der Waals surface area contributed by atoms with Gasteiger partial charge in [-0.15, -0.1) is 0 Å². The van der Waals surface area contributed by atoms with Gasteiger partial charge in [-0.3, -0.25) is 0 Å². The van der Waals surface area contributed by atoms with Crippen molar-refractivity contribution in [3.63, 3.8) is 0 Å². The molecule has 3 rings (SSSR count). The predicted octanol–water partition coefficient (Wildman–Crippen LogP) is 2.02. The number of nitrogens with two attached hydrogens (primary N) is 1. The molecular weight excluding hydrogens is 221 g/mol. The largest absolute Gasteiger partial charge is 0.489 e. The van der Waals surface area contributed by atoms with Gasteiger partial charge in [-0.1, -0.05) is 6.07 Å². The molecule has 1 aromatic carbocycles. The Balaban J connectivity index is 1.93. The second-order valence-electron chi connectivity index (χ2n) is 4.96. The zero-order chi connectivity index (χ0) is 11.9. The van der Waals surface area contributed by atoms with Crippen LogP contribution < -0.4 is 15.2 Å². The van der Waals surface area contributed by atoms with Crippen LogP contribution in [0.15, 0.2) is 12.1 Å². The Morgan fingerprint density at radius 2 is 2.00 bits per heavy atom. The van der Waals surface area contributed by atoms with Gasteiger partial charge in [0.25, 0.3) is 0 Å². The number of hydrogen-bond acceptors (Lipinski definition) is 3. The summed E-state index contributed by atoms with van der Waals surface area (Å²) in [4.78, 5) is 0. The lowest BCUT2D eigenvalue weighted by Crippen LogP contribution is -2.25. The summed E-state index contributed by atoms with van der Waals surface area (Å²) in [7, 11) is 0. The van der Waals surface area contributed by atoms with Crippen LogP contribution >= 0.6 is 0 Å². The number of rotatable bonds is 2. The number of hydrogen-bond donors (Lipinski definition) is 1. The highest BCUT2D eigenvalue weighted by molar-refractivity contribution is 5.45. The van der Waals surface area contributed by atoms with Crippen LogP contribution in [0.2, 0.25) is 0 Å². The van der Waals surface area contributed by atoms with E-state index >= 15 is 0 Å². The fourth-order valence-electron chi connectivity index (χ4n) is 2.10. The topological polar surface area (TPSA) is 44.5 Å². The molecule has 4 heteroatoms. The van der Waals surface area contributed by atoms with Crippen molar-refractivity contribution in [2.75, 3.05) is 13.2 Å². The molecule has 0 amide bonds. The van der Waals surface area contributed by atoms with E-state index in [0.29, 0.717) is 30.9 Å². The molecule has 17 heavy (non-hydrogen) atoms. The Bertz CT molecular complexity index is 443. The molecule has 2 N–H and O–H groups in total. The summed E-state index contributed by atoms with van der Waals surface area (Å²) < 4.78 is 25.1. The molecule has 2 aliphatic rings. The molecule has 0 unspecified atom stereocenters. The van der Waals surface area contributed by atoms with E-state index in [1.807, 2.05) is 0 Å². The van der Waals surface area contributed by atoms with E-state index in [9.17, 15) is 4.39 Å². The second kappa shape index (κ2) is 3.88. The van der Waals surface area contributed by atoms with Gasteiger partial charge in [-0.05, 0) is 30.9 Å². The summed E-state index contributed by atoms with van der Waals surface area (Å²) in [5.41, 5.74) is 6.46. The SMILES string of the molecule is NC1(Cc2ccc3c(c2F)OCCCO3)CC1. The molecule has 0 atom stereocenters. The average molecular weight is 237 g/mol. The van der Waals surface area contributed by atoms with Crippen LogP contribution in [0.25, 0.3) is 0 Å². The van der Waals surface area contributed by atoms with Crippen molar-refractivity contribution in [1.82, 2.24) is 0 Å². The first kappa shape index (κ1) is 10.8. The Morgan fingerprint density at radius 3 is 2.76 bits per heavy atom. The maximum Gasteiger partial charge on any atom is 0.197 e. The Kier molecular flexibility index (Phi) is 2.47. The van der Waals surface area contributed by atoms with E-state index in [1.165, 1.54) is 0 Å². The van der Waals surface area contributed by atoms with Gasteiger partial charge < -0.3 is 15.2 Å². The van der Waals surface area contributed by atoms with Gasteiger partial charge in [0.2, 0.25) is 0 Å². The van der Waals surface area contributed by atoms with E-state index < -0.39 is 0 Å². The molecule has 1 aromatic rings. The number of ether oxygens (including phenoxy) is 2. The van der Waals surface area contributed by atoms with Crippen LogP contribution in [0.1, 0.15) is 24.8 Å². The van der Waals surface area contributed by atoms with Gasteiger partial charge in [0.1, 0.15) is 0 Å². The Morgan fingerprint density at radius 1 is 1.24 bits per heavy atom. The molecule has 1 saturated carbocycles. The van der Waals surface area contributed by atoms with E-state index in [-0.39, 0.29) is 17.1 Å². The van der Waals surface area contributed by atoms with Crippen molar-refractivity contribution < 1.29 is 13.9 Å². The standard InChI is InChI=1S/C13H16FNO2/c14-11-9(8-13(15)4-5-13)2-3-10-12(11)17-7-1-6-16-10/h2-3H,1,4-8,15H2. The summed E-state index contributed by atoms with van der Waals surface area (Å²) in [6, 6.07) is 3.54. The summed E-state index contributed by atoms with van der Waals surface area (Å²) >= 11 is 0. The Hall–Kier alpha value is -1.29. The molecule has 1 heterocycles. The average Bonchev–Trinajstić information content (AvgIpc) is 3.06. The van der Waals surface area contributed by atoms with E-state index in [1.54, 1.807) is 12.1 Å². The van der Waals surface area contributed by atoms with Crippen molar-refractivity contribution in [1.29, 1.82) is 0 Å². The lowest BCUT2D eigenvalue weighted by molar-refractivity contribution is 0.291. The minimum atomic E-state index is -0.305. The lowest BCUT2D eigenvalue weighted by Gasteiger charge is -2.14. The van der Waals surface area contributed by atoms with Crippen LogP contribution in [0.3, 0.4) is 0 Å². The van der Waals surface area contributed by atoms with Crippen LogP contribution in [0.5, 0.6) is 11.5 Å². The molecule has 1 aliphatic carbocycles. The van der Waals surface area contributed by atoms with Crippen LogP contribution in [-0.2, 0) is 6.42 Å². The molecule has 1 aliphatic heterocycles. The van der Waals surface area contributed by atoms with E-state index in [2.05, 4.69) is 0 Å². The van der Waals surface area contributed by atoms with E-state index in [0.717, 1.165) is 19.3 Å². The quantitative estimate of drug-likeness (QED) is 0.855. The third kappa shape index (κ3) is 2.09. The summed E-state index contributed by atoms with van der Waals surface area (Å²) in [5.74, 6) is 0.455. The highest BCUT2D eigenvalue weighted by Gasteiger charge is 2.39. The highest BCUT2D eigenvalue weighted by Crippen LogP contribution is 2.40. The fourth-order valence-corrected chi connectivity index (χ4v) is 2.10. The molecular formula is C13H16FNO2. The minimum absolute atomic E-state index is 0.194. The van der Waals surface area contributed by atoms with Crippen molar-refractivity contribution in [3.8, 4) is 11.5 Å². The van der Waals surface area contributed by atoms with Crippen molar-refractivity contribution in [3.05, 3.63) is 23.5 Å². The molecule has 3 nitrogen and oxygen atoms in total. The monoisotopic (exact) mass is 237 g/mol.